The first kappa shape index (κ1) is 15.5. The minimum Gasteiger partial charge on any atom is -0.390 e. The summed E-state index contributed by atoms with van der Waals surface area (Å²) in [6.07, 6.45) is 6.00. The van der Waals surface area contributed by atoms with Gasteiger partial charge in [-0.3, -0.25) is 0 Å². The van der Waals surface area contributed by atoms with E-state index in [1.807, 2.05) is 0 Å². The van der Waals surface area contributed by atoms with Crippen molar-refractivity contribution in [2.24, 2.45) is 5.92 Å². The minimum absolute atomic E-state index is 0.113. The average Bonchev–Trinajstić information content (AvgIpc) is 2.26. The predicted octanol–water partition coefficient (Wildman–Crippen LogP) is 5.02. The van der Waals surface area contributed by atoms with E-state index in [-0.39, 0.29) is 10.1 Å². The molecule has 3 unspecified atom stereocenters. The van der Waals surface area contributed by atoms with Gasteiger partial charge in [0, 0.05) is 22.1 Å². The number of rotatable bonds is 0. The number of hydrogen-bond acceptors (Lipinski definition) is 2. The molecule has 1 saturated carbocycles. The highest BCUT2D eigenvalue weighted by Gasteiger charge is 2.63. The van der Waals surface area contributed by atoms with Crippen LogP contribution in [0.25, 0.3) is 0 Å². The van der Waals surface area contributed by atoms with Gasteiger partial charge in [-0.2, -0.15) is 0 Å². The van der Waals surface area contributed by atoms with Gasteiger partial charge < -0.3 is 8.85 Å². The molecule has 2 aliphatic rings. The molecule has 0 spiro atoms. The lowest BCUT2D eigenvalue weighted by atomic mass is 9.83. The molecule has 0 radical (unpaired) electrons. The van der Waals surface area contributed by atoms with Crippen molar-refractivity contribution in [3.63, 3.8) is 0 Å². The largest absolute Gasteiger partial charge is 0.390 e. The Bertz CT molecular complexity index is 313. The van der Waals surface area contributed by atoms with Gasteiger partial charge in [-0.05, 0) is 19.8 Å². The maximum atomic E-state index is 6.79. The van der Waals surface area contributed by atoms with Crippen LogP contribution in [0.5, 0.6) is 0 Å². The van der Waals surface area contributed by atoms with Crippen LogP contribution in [0.1, 0.15) is 74.1 Å². The maximum absolute atomic E-state index is 6.79. The summed E-state index contributed by atoms with van der Waals surface area (Å²) >= 11 is 0. The van der Waals surface area contributed by atoms with E-state index in [1.54, 1.807) is 0 Å². The minimum atomic E-state index is -2.26. The molecule has 3 atom stereocenters. The Morgan fingerprint density at radius 3 is 1.89 bits per heavy atom. The fourth-order valence-electron chi connectivity index (χ4n) is 4.23. The summed E-state index contributed by atoms with van der Waals surface area (Å²) in [4.78, 5) is 0. The highest BCUT2D eigenvalue weighted by atomic mass is 28.4. The van der Waals surface area contributed by atoms with Crippen LogP contribution in [0.2, 0.25) is 10.1 Å². The van der Waals surface area contributed by atoms with Gasteiger partial charge in [-0.25, -0.2) is 0 Å². The molecule has 112 valence electrons. The van der Waals surface area contributed by atoms with Crippen LogP contribution in [0.3, 0.4) is 0 Å². The van der Waals surface area contributed by atoms with Crippen molar-refractivity contribution in [3.05, 3.63) is 0 Å². The molecule has 3 heteroatoms. The summed E-state index contributed by atoms with van der Waals surface area (Å²) in [6.45, 7) is 16.1. The molecule has 1 aliphatic carbocycles. The molecular formula is C16H32O2Si. The predicted molar refractivity (Wildman–Crippen MR) is 82.6 cm³/mol. The topological polar surface area (TPSA) is 18.5 Å². The number of hydrogen-bond donors (Lipinski definition) is 0. The molecule has 2 rings (SSSR count). The molecule has 0 amide bonds. The quantitative estimate of drug-likeness (QED) is 0.581. The Kier molecular flexibility index (Phi) is 3.96. The lowest BCUT2D eigenvalue weighted by Gasteiger charge is -2.57. The highest BCUT2D eigenvalue weighted by Crippen LogP contribution is 2.56. The number of fused-ring (bicyclic) bond motifs is 1. The lowest BCUT2D eigenvalue weighted by Crippen LogP contribution is -2.66. The second-order valence-electron chi connectivity index (χ2n) is 8.54. The van der Waals surface area contributed by atoms with Crippen LogP contribution < -0.4 is 0 Å². The van der Waals surface area contributed by atoms with Crippen molar-refractivity contribution >= 4 is 8.56 Å². The molecule has 0 aromatic heterocycles. The highest BCUT2D eigenvalue weighted by molar-refractivity contribution is 6.73. The summed E-state index contributed by atoms with van der Waals surface area (Å²) in [7, 11) is -2.26. The van der Waals surface area contributed by atoms with Gasteiger partial charge >= 0.3 is 8.56 Å². The first-order valence-corrected chi connectivity index (χ1v) is 9.76. The summed E-state index contributed by atoms with van der Waals surface area (Å²) < 4.78 is 13.5. The summed E-state index contributed by atoms with van der Waals surface area (Å²) in [6, 6.07) is 0. The molecule has 2 nitrogen and oxygen atoms in total. The van der Waals surface area contributed by atoms with E-state index < -0.39 is 8.56 Å². The summed E-state index contributed by atoms with van der Waals surface area (Å²) in [5, 5.41) is 0.226. The van der Waals surface area contributed by atoms with Crippen LogP contribution in [-0.2, 0) is 8.85 Å². The third-order valence-electron chi connectivity index (χ3n) is 5.00. The van der Waals surface area contributed by atoms with Crippen molar-refractivity contribution < 1.29 is 8.85 Å². The summed E-state index contributed by atoms with van der Waals surface area (Å²) in [5.41, 5.74) is 0. The molecule has 1 aliphatic heterocycles. The van der Waals surface area contributed by atoms with Crippen molar-refractivity contribution in [1.29, 1.82) is 0 Å². The van der Waals surface area contributed by atoms with E-state index in [0.717, 1.165) is 0 Å². The molecule has 0 aromatic rings. The fraction of sp³-hybridized carbons (Fsp3) is 1.00. The van der Waals surface area contributed by atoms with Crippen molar-refractivity contribution in [1.82, 2.24) is 0 Å². The van der Waals surface area contributed by atoms with Crippen molar-refractivity contribution in [2.45, 2.75) is 96.4 Å². The molecule has 1 heterocycles. The second kappa shape index (κ2) is 4.85. The molecule has 2 fully saturated rings. The summed E-state index contributed by atoms with van der Waals surface area (Å²) in [5.74, 6) is 0.624. The van der Waals surface area contributed by atoms with Gasteiger partial charge in [-0.1, -0.05) is 54.4 Å². The second-order valence-corrected chi connectivity index (χ2v) is 13.2. The SMILES string of the molecule is CC1O[Si](C(C)(C)C)(C(C)(C)C)OC2CCCCC12. The van der Waals surface area contributed by atoms with Gasteiger partial charge in [0.1, 0.15) is 0 Å². The molecule has 19 heavy (non-hydrogen) atoms. The van der Waals surface area contributed by atoms with E-state index in [0.29, 0.717) is 18.1 Å². The van der Waals surface area contributed by atoms with Crippen LogP contribution in [-0.4, -0.2) is 20.8 Å². The van der Waals surface area contributed by atoms with Crippen LogP contribution >= 0.6 is 0 Å². The molecule has 0 N–H and O–H groups in total. The third-order valence-corrected chi connectivity index (χ3v) is 10.3. The van der Waals surface area contributed by atoms with E-state index >= 15 is 0 Å². The molecule has 1 saturated heterocycles. The van der Waals surface area contributed by atoms with Gasteiger partial charge in [0.2, 0.25) is 0 Å². The molecule has 0 aromatic carbocycles. The van der Waals surface area contributed by atoms with E-state index in [4.69, 9.17) is 8.85 Å². The maximum Gasteiger partial charge on any atom is 0.349 e. The Labute approximate surface area is 120 Å². The third kappa shape index (κ3) is 2.54. The van der Waals surface area contributed by atoms with E-state index in [9.17, 15) is 0 Å². The zero-order valence-electron chi connectivity index (χ0n) is 13.9. The normalized spacial score (nSPS) is 35.8. The monoisotopic (exact) mass is 284 g/mol. The van der Waals surface area contributed by atoms with Crippen molar-refractivity contribution in [3.8, 4) is 0 Å². The van der Waals surface area contributed by atoms with Crippen LogP contribution in [0.15, 0.2) is 0 Å². The molecule has 0 bridgehead atoms. The Morgan fingerprint density at radius 2 is 1.37 bits per heavy atom. The Balaban J connectivity index is 2.36. The van der Waals surface area contributed by atoms with Gasteiger partial charge in [0.15, 0.2) is 0 Å². The average molecular weight is 285 g/mol. The fourth-order valence-corrected chi connectivity index (χ4v) is 9.37. The first-order valence-electron chi connectivity index (χ1n) is 7.94. The molecular weight excluding hydrogens is 252 g/mol. The zero-order chi connectivity index (χ0) is 14.5. The van der Waals surface area contributed by atoms with Crippen molar-refractivity contribution in [2.75, 3.05) is 0 Å². The van der Waals surface area contributed by atoms with Crippen LogP contribution in [0.4, 0.5) is 0 Å². The van der Waals surface area contributed by atoms with Gasteiger partial charge in [0.25, 0.3) is 0 Å². The van der Waals surface area contributed by atoms with E-state index in [1.165, 1.54) is 25.7 Å². The Morgan fingerprint density at radius 1 is 0.842 bits per heavy atom. The van der Waals surface area contributed by atoms with Gasteiger partial charge in [-0.15, -0.1) is 0 Å². The smallest absolute Gasteiger partial charge is 0.349 e. The lowest BCUT2D eigenvalue weighted by molar-refractivity contribution is -0.0814. The Hall–Kier alpha value is 0.137. The standard InChI is InChI=1S/C16H32O2Si/c1-12-13-10-8-9-11-14(13)18-19(17-12,15(2,3)4)16(5,6)7/h12-14H,8-11H2,1-7H3. The zero-order valence-corrected chi connectivity index (χ0v) is 14.9. The van der Waals surface area contributed by atoms with Crippen LogP contribution in [0, 0.1) is 5.92 Å². The van der Waals surface area contributed by atoms with Gasteiger partial charge in [0.05, 0.1) is 6.10 Å². The first-order chi connectivity index (χ1) is 8.58. The van der Waals surface area contributed by atoms with E-state index in [2.05, 4.69) is 48.5 Å².